The van der Waals surface area contributed by atoms with Crippen LogP contribution in [0.4, 0.5) is 0 Å². The van der Waals surface area contributed by atoms with Gasteiger partial charge in [-0.2, -0.15) is 0 Å². The molecule has 0 aromatic carbocycles. The van der Waals surface area contributed by atoms with Crippen LogP contribution in [0.3, 0.4) is 0 Å². The van der Waals surface area contributed by atoms with Gasteiger partial charge in [-0.3, -0.25) is 4.79 Å². The highest BCUT2D eigenvalue weighted by molar-refractivity contribution is 6.14. The van der Waals surface area contributed by atoms with Crippen molar-refractivity contribution in [2.75, 3.05) is 13.2 Å². The number of aliphatic hydroxyl groups is 2. The Labute approximate surface area is 94.4 Å². The average Bonchev–Trinajstić information content (AvgIpc) is 2.12. The molecule has 0 aliphatic rings. The lowest BCUT2D eigenvalue weighted by atomic mass is 10.0. The van der Waals surface area contributed by atoms with E-state index in [1.165, 1.54) is 0 Å². The zero-order valence-corrected chi connectivity index (χ0v) is 9.68. The molecular formula is C9H18ClNO4. The molecule has 0 saturated heterocycles. The van der Waals surface area contributed by atoms with Crippen molar-refractivity contribution < 1.29 is 20.1 Å². The Balaban J connectivity index is 4.28. The molecule has 0 saturated carbocycles. The van der Waals surface area contributed by atoms with Gasteiger partial charge < -0.3 is 15.3 Å². The first-order chi connectivity index (χ1) is 6.88. The first-order valence-corrected chi connectivity index (χ1v) is 5.16. The van der Waals surface area contributed by atoms with Crippen LogP contribution in [0.5, 0.6) is 0 Å². The number of carbonyl (C=O) groups is 1. The summed E-state index contributed by atoms with van der Waals surface area (Å²) in [6.07, 6.45) is -0.617. The van der Waals surface area contributed by atoms with E-state index >= 15 is 0 Å². The number of aliphatic hydroxyl groups excluding tert-OH is 2. The van der Waals surface area contributed by atoms with Crippen molar-refractivity contribution in [2.24, 2.45) is 5.92 Å². The fraction of sp³-hybridized carbons (Fsp3) is 0.889. The van der Waals surface area contributed by atoms with Crippen LogP contribution in [0.15, 0.2) is 0 Å². The molecule has 15 heavy (non-hydrogen) atoms. The number of hydrogen-bond acceptors (Lipinski definition) is 4. The zero-order chi connectivity index (χ0) is 12.0. The lowest BCUT2D eigenvalue weighted by Crippen LogP contribution is -2.40. The summed E-state index contributed by atoms with van der Waals surface area (Å²) >= 11 is 5.74. The van der Waals surface area contributed by atoms with Gasteiger partial charge in [0.25, 0.3) is 0 Å². The monoisotopic (exact) mass is 239 g/mol. The van der Waals surface area contributed by atoms with Crippen molar-refractivity contribution in [1.82, 2.24) is 4.42 Å². The highest BCUT2D eigenvalue weighted by atomic mass is 35.5. The van der Waals surface area contributed by atoms with Crippen LogP contribution >= 0.6 is 11.8 Å². The lowest BCUT2D eigenvalue weighted by Gasteiger charge is -2.24. The maximum Gasteiger partial charge on any atom is 0.322 e. The Morgan fingerprint density at radius 2 is 2.00 bits per heavy atom. The first kappa shape index (κ1) is 14.6. The Kier molecular flexibility index (Phi) is 6.84. The third-order valence-electron chi connectivity index (χ3n) is 1.91. The van der Waals surface area contributed by atoms with E-state index in [0.29, 0.717) is 6.42 Å². The number of halogens is 1. The van der Waals surface area contributed by atoms with Crippen LogP contribution in [0.1, 0.15) is 20.3 Å². The molecular weight excluding hydrogens is 222 g/mol. The fourth-order valence-corrected chi connectivity index (χ4v) is 1.49. The van der Waals surface area contributed by atoms with Crippen molar-refractivity contribution in [1.29, 1.82) is 0 Å². The molecule has 0 aliphatic heterocycles. The van der Waals surface area contributed by atoms with E-state index in [2.05, 4.69) is 0 Å². The summed E-state index contributed by atoms with van der Waals surface area (Å²) in [4.78, 5) is 10.9. The Bertz CT molecular complexity index is 201. The molecule has 5 nitrogen and oxygen atoms in total. The lowest BCUT2D eigenvalue weighted by molar-refractivity contribution is -0.142. The van der Waals surface area contributed by atoms with Gasteiger partial charge in [-0.15, -0.1) is 0 Å². The second kappa shape index (κ2) is 7.00. The smallest absolute Gasteiger partial charge is 0.322 e. The summed E-state index contributed by atoms with van der Waals surface area (Å²) in [6, 6.07) is -0.840. The van der Waals surface area contributed by atoms with Gasteiger partial charge in [0.1, 0.15) is 6.04 Å². The molecule has 3 N–H and O–H groups in total. The van der Waals surface area contributed by atoms with E-state index < -0.39 is 24.7 Å². The summed E-state index contributed by atoms with van der Waals surface area (Å²) in [7, 11) is 0. The van der Waals surface area contributed by atoms with E-state index in [-0.39, 0.29) is 12.5 Å². The molecule has 0 fully saturated rings. The highest BCUT2D eigenvalue weighted by Crippen LogP contribution is 2.14. The van der Waals surface area contributed by atoms with Crippen molar-refractivity contribution in [3.63, 3.8) is 0 Å². The quantitative estimate of drug-likeness (QED) is 0.557. The van der Waals surface area contributed by atoms with Gasteiger partial charge in [-0.1, -0.05) is 13.8 Å². The number of aliphatic carboxylic acids is 1. The second-order valence-corrected chi connectivity index (χ2v) is 4.34. The summed E-state index contributed by atoms with van der Waals surface area (Å²) in [5.74, 6) is -0.831. The standard InChI is InChI=1S/C9H18ClNO4/c1-6(2)3-8(9(14)15)11(10)4-7(13)5-12/h6-8,12-13H,3-5H2,1-2H3,(H,14,15). The normalized spacial score (nSPS) is 15.7. The van der Waals surface area contributed by atoms with Gasteiger partial charge >= 0.3 is 5.97 Å². The highest BCUT2D eigenvalue weighted by Gasteiger charge is 2.26. The van der Waals surface area contributed by atoms with Gasteiger partial charge in [0, 0.05) is 6.54 Å². The molecule has 0 spiro atoms. The third-order valence-corrected chi connectivity index (χ3v) is 2.29. The third kappa shape index (κ3) is 5.94. The maximum atomic E-state index is 10.9. The molecule has 0 amide bonds. The van der Waals surface area contributed by atoms with E-state index in [9.17, 15) is 4.79 Å². The Morgan fingerprint density at radius 1 is 1.47 bits per heavy atom. The average molecular weight is 240 g/mol. The number of nitrogens with zero attached hydrogens (tertiary/aromatic N) is 1. The minimum Gasteiger partial charge on any atom is -0.480 e. The summed E-state index contributed by atoms with van der Waals surface area (Å²) in [5.41, 5.74) is 0. The van der Waals surface area contributed by atoms with E-state index in [1.54, 1.807) is 0 Å². The van der Waals surface area contributed by atoms with Crippen LogP contribution in [0.2, 0.25) is 0 Å². The van der Waals surface area contributed by atoms with Crippen LogP contribution < -0.4 is 0 Å². The molecule has 0 radical (unpaired) electrons. The molecule has 6 heteroatoms. The SMILES string of the molecule is CC(C)CC(C(=O)O)N(Cl)CC(O)CO. The molecule has 0 rings (SSSR count). The number of carboxylic acid groups (broad SMARTS) is 1. The van der Waals surface area contributed by atoms with Crippen LogP contribution in [-0.2, 0) is 4.79 Å². The summed E-state index contributed by atoms with van der Waals surface area (Å²) < 4.78 is 1.03. The number of hydrogen-bond donors (Lipinski definition) is 3. The van der Waals surface area contributed by atoms with Gasteiger partial charge in [0.15, 0.2) is 0 Å². The zero-order valence-electron chi connectivity index (χ0n) is 8.93. The van der Waals surface area contributed by atoms with Gasteiger partial charge in [-0.25, -0.2) is 4.42 Å². The second-order valence-electron chi connectivity index (χ2n) is 3.90. The first-order valence-electron chi connectivity index (χ1n) is 4.82. The van der Waals surface area contributed by atoms with Gasteiger partial charge in [-0.05, 0) is 24.1 Å². The predicted molar refractivity (Wildman–Crippen MR) is 56.5 cm³/mol. The van der Waals surface area contributed by atoms with E-state index in [1.807, 2.05) is 13.8 Å². The van der Waals surface area contributed by atoms with E-state index in [4.69, 9.17) is 27.1 Å². The Hall–Kier alpha value is -0.360. The van der Waals surface area contributed by atoms with Crippen molar-refractivity contribution >= 4 is 17.7 Å². The fourth-order valence-electron chi connectivity index (χ4n) is 1.17. The minimum atomic E-state index is -1.02. The summed E-state index contributed by atoms with van der Waals surface area (Å²) in [6.45, 7) is 3.28. The van der Waals surface area contributed by atoms with E-state index in [0.717, 1.165) is 4.42 Å². The van der Waals surface area contributed by atoms with Crippen molar-refractivity contribution in [3.8, 4) is 0 Å². The van der Waals surface area contributed by atoms with Gasteiger partial charge in [0.2, 0.25) is 0 Å². The maximum absolute atomic E-state index is 10.9. The molecule has 0 aliphatic carbocycles. The summed E-state index contributed by atoms with van der Waals surface area (Å²) in [5, 5.41) is 26.6. The molecule has 2 atom stereocenters. The van der Waals surface area contributed by atoms with Crippen LogP contribution in [0, 0.1) is 5.92 Å². The minimum absolute atomic E-state index is 0.0677. The Morgan fingerprint density at radius 3 is 2.33 bits per heavy atom. The topological polar surface area (TPSA) is 81.0 Å². The molecule has 2 unspecified atom stereocenters. The van der Waals surface area contributed by atoms with Crippen LogP contribution in [0.25, 0.3) is 0 Å². The van der Waals surface area contributed by atoms with Crippen molar-refractivity contribution in [3.05, 3.63) is 0 Å². The predicted octanol–water partition coefficient (Wildman–Crippen LogP) is 0.295. The largest absolute Gasteiger partial charge is 0.480 e. The number of carboxylic acids is 1. The molecule has 0 heterocycles. The molecule has 0 bridgehead atoms. The molecule has 90 valence electrons. The number of rotatable bonds is 7. The molecule has 0 aromatic rings. The molecule has 0 aromatic heterocycles. The van der Waals surface area contributed by atoms with Crippen molar-refractivity contribution in [2.45, 2.75) is 32.4 Å². The van der Waals surface area contributed by atoms with Crippen LogP contribution in [-0.4, -0.2) is 51.0 Å². The van der Waals surface area contributed by atoms with Gasteiger partial charge in [0.05, 0.1) is 12.7 Å².